The number of carbonyl (C=O) groups excluding carboxylic acids is 2. The fraction of sp³-hybridized carbons (Fsp3) is 0.235. The molecule has 2 amide bonds. The molecule has 0 heterocycles. The first-order valence-electron chi connectivity index (χ1n) is 14.1. The molecule has 7 nitrogen and oxygen atoms in total. The van der Waals surface area contributed by atoms with Gasteiger partial charge in [-0.15, -0.1) is 0 Å². The van der Waals surface area contributed by atoms with E-state index in [1.807, 2.05) is 74.5 Å². The Kier molecular flexibility index (Phi) is 10.8. The van der Waals surface area contributed by atoms with Crippen LogP contribution >= 0.6 is 15.9 Å². The number of carbonyl (C=O) groups is 2. The van der Waals surface area contributed by atoms with Crippen LogP contribution in [0.5, 0.6) is 0 Å². The number of hydrogen-bond acceptors (Lipinski definition) is 4. The van der Waals surface area contributed by atoms with E-state index in [2.05, 4.69) is 21.2 Å². The van der Waals surface area contributed by atoms with Gasteiger partial charge < -0.3 is 10.2 Å². The fourth-order valence-electron chi connectivity index (χ4n) is 4.80. The van der Waals surface area contributed by atoms with Gasteiger partial charge in [-0.1, -0.05) is 94.8 Å². The molecule has 4 aromatic rings. The average Bonchev–Trinajstić information content (AvgIpc) is 2.99. The predicted molar refractivity (Wildman–Crippen MR) is 174 cm³/mol. The molecule has 0 aromatic heterocycles. The van der Waals surface area contributed by atoms with Crippen molar-refractivity contribution in [2.24, 2.45) is 0 Å². The molecule has 0 bridgehead atoms. The molecular weight excluding hydrogens is 626 g/mol. The molecule has 1 atom stereocenters. The Morgan fingerprint density at radius 1 is 0.791 bits per heavy atom. The van der Waals surface area contributed by atoms with Gasteiger partial charge in [0.2, 0.25) is 11.8 Å². The van der Waals surface area contributed by atoms with Crippen LogP contribution in [0, 0.1) is 6.92 Å². The summed E-state index contributed by atoms with van der Waals surface area (Å²) < 4.78 is 30.1. The van der Waals surface area contributed by atoms with E-state index in [1.54, 1.807) is 43.3 Å². The number of aryl methyl sites for hydroxylation is 1. The largest absolute Gasteiger partial charge is 0.352 e. The van der Waals surface area contributed by atoms with Crippen LogP contribution in [0.4, 0.5) is 5.69 Å². The first-order chi connectivity index (χ1) is 20.6. The van der Waals surface area contributed by atoms with Gasteiger partial charge in [0.25, 0.3) is 10.0 Å². The van der Waals surface area contributed by atoms with Crippen LogP contribution in [0.15, 0.2) is 119 Å². The Hall–Kier alpha value is -3.95. The minimum atomic E-state index is -4.13. The first-order valence-corrected chi connectivity index (χ1v) is 16.3. The summed E-state index contributed by atoms with van der Waals surface area (Å²) in [5.74, 6) is -0.803. The lowest BCUT2D eigenvalue weighted by atomic mass is 10.0. The van der Waals surface area contributed by atoms with Gasteiger partial charge in [0.05, 0.1) is 10.6 Å². The standard InChI is InChI=1S/C34H36BrN3O4S/c1-25(2)36-34(40)32(22-27-13-6-4-7-14-27)37(23-28-18-20-29(35)21-19-28)33(39)24-38(31-17-11-10-12-26(31)3)43(41,42)30-15-8-5-9-16-30/h4-21,25,32H,22-24H2,1-3H3,(H,36,40)/t32-/m0/s1. The van der Waals surface area contributed by atoms with E-state index >= 15 is 0 Å². The highest BCUT2D eigenvalue weighted by Gasteiger charge is 2.35. The van der Waals surface area contributed by atoms with E-state index in [-0.39, 0.29) is 29.8 Å². The van der Waals surface area contributed by atoms with Gasteiger partial charge in [-0.3, -0.25) is 13.9 Å². The third-order valence-corrected chi connectivity index (χ3v) is 9.27. The highest BCUT2D eigenvalue weighted by Crippen LogP contribution is 2.27. The van der Waals surface area contributed by atoms with Crippen LogP contribution < -0.4 is 9.62 Å². The van der Waals surface area contributed by atoms with E-state index in [4.69, 9.17) is 0 Å². The van der Waals surface area contributed by atoms with Crippen molar-refractivity contribution in [2.45, 2.75) is 50.7 Å². The van der Waals surface area contributed by atoms with Crippen LogP contribution in [0.1, 0.15) is 30.5 Å². The maximum atomic E-state index is 14.4. The van der Waals surface area contributed by atoms with Crippen molar-refractivity contribution in [2.75, 3.05) is 10.8 Å². The zero-order chi connectivity index (χ0) is 31.0. The van der Waals surface area contributed by atoms with Crippen molar-refractivity contribution >= 4 is 43.5 Å². The van der Waals surface area contributed by atoms with Gasteiger partial charge in [-0.25, -0.2) is 8.42 Å². The highest BCUT2D eigenvalue weighted by atomic mass is 79.9. The smallest absolute Gasteiger partial charge is 0.264 e. The fourth-order valence-corrected chi connectivity index (χ4v) is 6.56. The number of nitrogens with zero attached hydrogens (tertiary/aromatic N) is 2. The summed E-state index contributed by atoms with van der Waals surface area (Å²) in [5.41, 5.74) is 2.79. The summed E-state index contributed by atoms with van der Waals surface area (Å²) >= 11 is 3.46. The maximum Gasteiger partial charge on any atom is 0.264 e. The Bertz CT molecular complexity index is 1630. The summed E-state index contributed by atoms with van der Waals surface area (Å²) in [6, 6.07) is 31.1. The molecule has 0 saturated carbocycles. The second-order valence-corrected chi connectivity index (χ2v) is 13.4. The van der Waals surface area contributed by atoms with E-state index in [0.29, 0.717) is 11.3 Å². The number of halogens is 1. The van der Waals surface area contributed by atoms with E-state index in [1.165, 1.54) is 17.0 Å². The van der Waals surface area contributed by atoms with Crippen molar-refractivity contribution in [1.29, 1.82) is 0 Å². The molecule has 9 heteroatoms. The first kappa shape index (κ1) is 32.0. The Morgan fingerprint density at radius 3 is 1.98 bits per heavy atom. The SMILES string of the molecule is Cc1ccccc1N(CC(=O)N(Cc1ccc(Br)cc1)[C@@H](Cc1ccccc1)C(=O)NC(C)C)S(=O)(=O)c1ccccc1. The van der Waals surface area contributed by atoms with Gasteiger partial charge >= 0.3 is 0 Å². The number of benzene rings is 4. The zero-order valence-corrected chi connectivity index (χ0v) is 26.9. The average molecular weight is 663 g/mol. The molecule has 0 aliphatic heterocycles. The van der Waals surface area contributed by atoms with Crippen LogP contribution in [-0.4, -0.2) is 43.8 Å². The maximum absolute atomic E-state index is 14.4. The van der Waals surface area contributed by atoms with Crippen molar-refractivity contribution in [3.8, 4) is 0 Å². The Labute approximate surface area is 262 Å². The van der Waals surface area contributed by atoms with Crippen LogP contribution in [0.3, 0.4) is 0 Å². The quantitative estimate of drug-likeness (QED) is 0.198. The van der Waals surface area contributed by atoms with Crippen LogP contribution in [-0.2, 0) is 32.6 Å². The molecular formula is C34H36BrN3O4S. The normalized spacial score (nSPS) is 12.0. The number of hydrogen-bond donors (Lipinski definition) is 1. The second-order valence-electron chi connectivity index (χ2n) is 10.6. The summed E-state index contributed by atoms with van der Waals surface area (Å²) in [5, 5.41) is 2.97. The summed E-state index contributed by atoms with van der Waals surface area (Å²) in [6.45, 7) is 5.16. The number of anilines is 1. The number of nitrogens with one attached hydrogen (secondary N) is 1. The summed E-state index contributed by atoms with van der Waals surface area (Å²) in [7, 11) is -4.13. The second kappa shape index (κ2) is 14.5. The molecule has 0 aliphatic carbocycles. The number of sulfonamides is 1. The lowest BCUT2D eigenvalue weighted by Gasteiger charge is -2.34. The van der Waals surface area contributed by atoms with Crippen molar-refractivity contribution in [1.82, 2.24) is 10.2 Å². The van der Waals surface area contributed by atoms with Gasteiger partial charge in [0.15, 0.2) is 0 Å². The molecule has 4 aromatic carbocycles. The minimum Gasteiger partial charge on any atom is -0.352 e. The molecule has 0 aliphatic rings. The van der Waals surface area contributed by atoms with Crippen molar-refractivity contribution in [3.05, 3.63) is 130 Å². The third kappa shape index (κ3) is 8.33. The Balaban J connectivity index is 1.80. The highest BCUT2D eigenvalue weighted by molar-refractivity contribution is 9.10. The van der Waals surface area contributed by atoms with E-state index in [0.717, 1.165) is 19.9 Å². The molecule has 0 saturated heterocycles. The van der Waals surface area contributed by atoms with Gasteiger partial charge in [-0.2, -0.15) is 0 Å². The van der Waals surface area contributed by atoms with Crippen LogP contribution in [0.2, 0.25) is 0 Å². The number of amides is 2. The minimum absolute atomic E-state index is 0.0731. The van der Waals surface area contributed by atoms with Crippen LogP contribution in [0.25, 0.3) is 0 Å². The van der Waals surface area contributed by atoms with Gasteiger partial charge in [0.1, 0.15) is 12.6 Å². The molecule has 0 radical (unpaired) electrons. The lowest BCUT2D eigenvalue weighted by Crippen LogP contribution is -2.54. The topological polar surface area (TPSA) is 86.8 Å². The van der Waals surface area contributed by atoms with E-state index < -0.39 is 28.5 Å². The molecule has 0 unspecified atom stereocenters. The molecule has 0 spiro atoms. The molecule has 43 heavy (non-hydrogen) atoms. The van der Waals surface area contributed by atoms with Crippen molar-refractivity contribution in [3.63, 3.8) is 0 Å². The van der Waals surface area contributed by atoms with Gasteiger partial charge in [-0.05, 0) is 67.8 Å². The van der Waals surface area contributed by atoms with Crippen molar-refractivity contribution < 1.29 is 18.0 Å². The molecule has 0 fully saturated rings. The molecule has 4 rings (SSSR count). The Morgan fingerprint density at radius 2 is 1.37 bits per heavy atom. The zero-order valence-electron chi connectivity index (χ0n) is 24.5. The van der Waals surface area contributed by atoms with E-state index in [9.17, 15) is 18.0 Å². The molecule has 1 N–H and O–H groups in total. The third-order valence-electron chi connectivity index (χ3n) is 6.96. The predicted octanol–water partition coefficient (Wildman–Crippen LogP) is 6.12. The monoisotopic (exact) mass is 661 g/mol. The van der Waals surface area contributed by atoms with Gasteiger partial charge in [0, 0.05) is 23.5 Å². The summed E-state index contributed by atoms with van der Waals surface area (Å²) in [6.07, 6.45) is 0.261. The summed E-state index contributed by atoms with van der Waals surface area (Å²) in [4.78, 5) is 29.7. The molecule has 224 valence electrons. The number of rotatable bonds is 12. The number of para-hydroxylation sites is 1. The lowest BCUT2D eigenvalue weighted by molar-refractivity contribution is -0.140.